The van der Waals surface area contributed by atoms with Crippen molar-refractivity contribution in [2.75, 3.05) is 16.8 Å². The second kappa shape index (κ2) is 12.5. The zero-order valence-electron chi connectivity index (χ0n) is 24.5. The first-order valence-electron chi connectivity index (χ1n) is 14.4. The summed E-state index contributed by atoms with van der Waals surface area (Å²) in [7, 11) is 0. The third kappa shape index (κ3) is 6.70. The van der Waals surface area contributed by atoms with Gasteiger partial charge < -0.3 is 19.9 Å². The fourth-order valence-electron chi connectivity index (χ4n) is 5.74. The van der Waals surface area contributed by atoms with Crippen LogP contribution in [-0.2, 0) is 21.0 Å². The summed E-state index contributed by atoms with van der Waals surface area (Å²) in [5.74, 6) is -0.532. The van der Waals surface area contributed by atoms with Crippen LogP contribution in [0.4, 0.5) is 11.4 Å². The van der Waals surface area contributed by atoms with E-state index in [-0.39, 0.29) is 24.0 Å². The molecular formula is C34H35ClN2O6. The average molecular weight is 603 g/mol. The molecule has 0 saturated heterocycles. The molecule has 224 valence electrons. The minimum atomic E-state index is -1.07. The minimum absolute atomic E-state index is 0.0615. The largest absolute Gasteiger partial charge is 0.490 e. The van der Waals surface area contributed by atoms with Gasteiger partial charge >= 0.3 is 5.97 Å². The summed E-state index contributed by atoms with van der Waals surface area (Å²) in [6.45, 7) is 6.64. The highest BCUT2D eigenvalue weighted by molar-refractivity contribution is 6.30. The molecule has 2 aliphatic rings. The third-order valence-electron chi connectivity index (χ3n) is 7.61. The molecule has 0 fully saturated rings. The summed E-state index contributed by atoms with van der Waals surface area (Å²) in [5, 5.41) is 13.5. The molecule has 3 aromatic rings. The maximum atomic E-state index is 13.9. The molecule has 0 radical (unpaired) electrons. The van der Waals surface area contributed by atoms with Gasteiger partial charge in [-0.2, -0.15) is 0 Å². The Morgan fingerprint density at radius 2 is 1.74 bits per heavy atom. The summed E-state index contributed by atoms with van der Waals surface area (Å²) in [6.07, 6.45) is 0.379. The van der Waals surface area contributed by atoms with Crippen molar-refractivity contribution in [2.45, 2.75) is 59.1 Å². The Hall–Kier alpha value is -4.30. The lowest BCUT2D eigenvalue weighted by molar-refractivity contribution is -0.138. The number of fused-ring (bicyclic) bond motifs is 1. The molecule has 1 aliphatic carbocycles. The van der Waals surface area contributed by atoms with Crippen LogP contribution in [0.25, 0.3) is 0 Å². The normalized spacial score (nSPS) is 17.3. The Balaban J connectivity index is 1.63. The number of hydrogen-bond acceptors (Lipinski definition) is 6. The zero-order chi connectivity index (χ0) is 30.7. The first kappa shape index (κ1) is 30.2. The number of halogens is 1. The number of para-hydroxylation sites is 2. The van der Waals surface area contributed by atoms with Crippen LogP contribution in [0.3, 0.4) is 0 Å². The number of rotatable bonds is 9. The summed E-state index contributed by atoms with van der Waals surface area (Å²) in [6, 6.07) is 19.4. The fraction of sp³-hybridized carbons (Fsp3) is 0.324. The van der Waals surface area contributed by atoms with Gasteiger partial charge in [0.25, 0.3) is 0 Å². The number of hydrogen-bond donors (Lipinski definition) is 2. The van der Waals surface area contributed by atoms with Crippen molar-refractivity contribution in [1.82, 2.24) is 0 Å². The monoisotopic (exact) mass is 602 g/mol. The van der Waals surface area contributed by atoms with Gasteiger partial charge in [-0.15, -0.1) is 0 Å². The fourth-order valence-corrected chi connectivity index (χ4v) is 5.86. The van der Waals surface area contributed by atoms with E-state index in [9.17, 15) is 19.5 Å². The number of carboxylic acid groups (broad SMARTS) is 1. The molecule has 3 aromatic carbocycles. The number of nitrogens with one attached hydrogen (secondary N) is 1. The van der Waals surface area contributed by atoms with Gasteiger partial charge in [0.15, 0.2) is 17.3 Å². The highest BCUT2D eigenvalue weighted by atomic mass is 35.5. The van der Waals surface area contributed by atoms with Gasteiger partial charge in [0, 0.05) is 29.1 Å². The number of carbonyl (C=O) groups excluding carboxylic acids is 2. The molecule has 1 amide bonds. The van der Waals surface area contributed by atoms with Crippen molar-refractivity contribution < 1.29 is 29.0 Å². The molecule has 1 atom stereocenters. The quantitative estimate of drug-likeness (QED) is 0.264. The lowest BCUT2D eigenvalue weighted by Crippen LogP contribution is -2.39. The maximum absolute atomic E-state index is 13.9. The number of anilines is 2. The second-order valence-corrected chi connectivity index (χ2v) is 12.0. The molecule has 2 N–H and O–H groups in total. The summed E-state index contributed by atoms with van der Waals surface area (Å²) in [4.78, 5) is 40.9. The van der Waals surface area contributed by atoms with Crippen LogP contribution in [-0.4, -0.2) is 29.4 Å². The van der Waals surface area contributed by atoms with Crippen LogP contribution < -0.4 is 19.7 Å². The molecule has 5 rings (SSSR count). The Labute approximate surface area is 256 Å². The lowest BCUT2D eigenvalue weighted by Gasteiger charge is -2.37. The van der Waals surface area contributed by atoms with E-state index < -0.39 is 17.9 Å². The van der Waals surface area contributed by atoms with Crippen molar-refractivity contribution in [3.8, 4) is 11.5 Å². The number of amides is 1. The molecule has 0 saturated carbocycles. The van der Waals surface area contributed by atoms with Gasteiger partial charge in [-0.1, -0.05) is 55.8 Å². The number of aliphatic carboxylic acids is 1. The Morgan fingerprint density at radius 1 is 1.00 bits per heavy atom. The SMILES string of the molecule is CCOc1cc([C@@H]2C3=C(CC(C)(C)CC3=O)Nc3ccccc3N2C(=O)CCC(=O)O)ccc1OCc1ccc(Cl)cc1. The standard InChI is InChI=1S/C34H35ClN2O6/c1-4-42-29-17-22(11-14-28(29)43-20-21-9-12-23(35)13-10-21)33-32-25(18-34(2,3)19-27(32)38)36-24-7-5-6-8-26(24)37(33)30(39)15-16-31(40)41/h5-14,17,33,36H,4,15-16,18-20H2,1-3H3,(H,40,41)/t33-/m1/s1. The van der Waals surface area contributed by atoms with Crippen LogP contribution in [0.5, 0.6) is 11.5 Å². The van der Waals surface area contributed by atoms with Gasteiger partial charge in [0.05, 0.1) is 30.4 Å². The first-order chi connectivity index (χ1) is 20.6. The zero-order valence-corrected chi connectivity index (χ0v) is 25.2. The van der Waals surface area contributed by atoms with E-state index in [0.29, 0.717) is 65.1 Å². The van der Waals surface area contributed by atoms with Crippen molar-refractivity contribution in [3.05, 3.63) is 94.1 Å². The highest BCUT2D eigenvalue weighted by Gasteiger charge is 2.43. The molecule has 1 aliphatic heterocycles. The van der Waals surface area contributed by atoms with E-state index in [1.165, 1.54) is 0 Å². The highest BCUT2D eigenvalue weighted by Crippen LogP contribution is 2.49. The number of Topliss-reactive ketones (excluding diaryl/α,β-unsaturated/α-hetero) is 1. The predicted octanol–water partition coefficient (Wildman–Crippen LogP) is 7.33. The van der Waals surface area contributed by atoms with Gasteiger partial charge in [0.2, 0.25) is 5.91 Å². The first-order valence-corrected chi connectivity index (χ1v) is 14.7. The molecule has 43 heavy (non-hydrogen) atoms. The number of carbonyl (C=O) groups is 3. The van der Waals surface area contributed by atoms with Gasteiger partial charge in [-0.05, 0) is 66.3 Å². The smallest absolute Gasteiger partial charge is 0.303 e. The molecule has 0 spiro atoms. The minimum Gasteiger partial charge on any atom is -0.490 e. The number of ether oxygens (including phenoxy) is 2. The second-order valence-electron chi connectivity index (χ2n) is 11.6. The number of allylic oxidation sites excluding steroid dienone is 1. The van der Waals surface area contributed by atoms with Crippen molar-refractivity contribution >= 4 is 40.6 Å². The van der Waals surface area contributed by atoms with E-state index >= 15 is 0 Å². The number of carboxylic acids is 1. The van der Waals surface area contributed by atoms with Crippen LogP contribution in [0, 0.1) is 5.41 Å². The van der Waals surface area contributed by atoms with E-state index in [0.717, 1.165) is 11.3 Å². The third-order valence-corrected chi connectivity index (χ3v) is 7.87. The molecule has 0 unspecified atom stereocenters. The topological polar surface area (TPSA) is 105 Å². The number of benzene rings is 3. The maximum Gasteiger partial charge on any atom is 0.303 e. The number of nitrogens with zero attached hydrogens (tertiary/aromatic N) is 1. The summed E-state index contributed by atoms with van der Waals surface area (Å²) >= 11 is 6.02. The Bertz CT molecular complexity index is 1580. The lowest BCUT2D eigenvalue weighted by atomic mass is 9.73. The summed E-state index contributed by atoms with van der Waals surface area (Å²) < 4.78 is 12.1. The van der Waals surface area contributed by atoms with Gasteiger partial charge in [0.1, 0.15) is 6.61 Å². The summed E-state index contributed by atoms with van der Waals surface area (Å²) in [5.41, 5.74) is 3.82. The van der Waals surface area contributed by atoms with Crippen LogP contribution in [0.2, 0.25) is 5.02 Å². The van der Waals surface area contributed by atoms with Crippen LogP contribution in [0.1, 0.15) is 63.6 Å². The molecule has 8 nitrogen and oxygen atoms in total. The van der Waals surface area contributed by atoms with Crippen molar-refractivity contribution in [2.24, 2.45) is 5.41 Å². The average Bonchev–Trinajstić information content (AvgIpc) is 3.10. The Morgan fingerprint density at radius 3 is 2.47 bits per heavy atom. The molecule has 0 bridgehead atoms. The predicted molar refractivity (Wildman–Crippen MR) is 166 cm³/mol. The molecule has 1 heterocycles. The van der Waals surface area contributed by atoms with E-state index in [4.69, 9.17) is 21.1 Å². The molecule has 9 heteroatoms. The molecule has 0 aromatic heterocycles. The van der Waals surface area contributed by atoms with E-state index in [1.54, 1.807) is 23.1 Å². The Kier molecular flexibility index (Phi) is 8.78. The number of ketones is 1. The van der Waals surface area contributed by atoms with Crippen LogP contribution >= 0.6 is 11.6 Å². The molecular weight excluding hydrogens is 568 g/mol. The van der Waals surface area contributed by atoms with E-state index in [1.807, 2.05) is 55.5 Å². The van der Waals surface area contributed by atoms with Crippen LogP contribution in [0.15, 0.2) is 78.0 Å². The van der Waals surface area contributed by atoms with E-state index in [2.05, 4.69) is 19.2 Å². The van der Waals surface area contributed by atoms with Crippen molar-refractivity contribution in [3.63, 3.8) is 0 Å². The van der Waals surface area contributed by atoms with Gasteiger partial charge in [-0.3, -0.25) is 19.3 Å². The van der Waals surface area contributed by atoms with Crippen molar-refractivity contribution in [1.29, 1.82) is 0 Å². The van der Waals surface area contributed by atoms with Gasteiger partial charge in [-0.25, -0.2) is 0 Å².